The number of aromatic nitrogens is 1. The molecule has 0 unspecified atom stereocenters. The van der Waals surface area contributed by atoms with Crippen LogP contribution in [0.1, 0.15) is 0 Å². The molecule has 2 nitrogen and oxygen atoms in total. The minimum atomic E-state index is 0.921. The first-order valence-corrected chi connectivity index (χ1v) is 20.0. The van der Waals surface area contributed by atoms with E-state index >= 15 is 0 Å². The van der Waals surface area contributed by atoms with Crippen LogP contribution in [0.2, 0.25) is 0 Å². The van der Waals surface area contributed by atoms with Crippen LogP contribution in [0.15, 0.2) is 205 Å². The Labute approximate surface area is 333 Å². The number of nitrogens with zero attached hydrogens (tertiary/aromatic N) is 1. The predicted octanol–water partition coefficient (Wildman–Crippen LogP) is 15.7. The number of hydrogen-bond donors (Lipinski definition) is 0. The number of fused-ring (bicyclic) bond motifs is 12. The number of hydrogen-bond acceptors (Lipinski definition) is 1. The highest BCUT2D eigenvalue weighted by molar-refractivity contribution is 6.36. The number of benzene rings is 10. The number of furan rings is 1. The third-order valence-corrected chi connectivity index (χ3v) is 12.5. The quantitative estimate of drug-likeness (QED) is 0.176. The molecule has 0 fully saturated rings. The Balaban J connectivity index is 1.04. The zero-order chi connectivity index (χ0) is 37.9. The van der Waals surface area contributed by atoms with Crippen molar-refractivity contribution in [1.82, 2.24) is 4.40 Å². The van der Waals surface area contributed by atoms with Crippen molar-refractivity contribution in [1.29, 1.82) is 0 Å². The lowest BCUT2D eigenvalue weighted by molar-refractivity contribution is 0.669. The van der Waals surface area contributed by atoms with Crippen molar-refractivity contribution < 1.29 is 4.42 Å². The normalized spacial score (nSPS) is 12.1. The van der Waals surface area contributed by atoms with Crippen molar-refractivity contribution in [3.05, 3.63) is 200 Å². The fraction of sp³-hybridized carbons (Fsp3) is 0. The van der Waals surface area contributed by atoms with Crippen LogP contribution < -0.4 is 0 Å². The van der Waals surface area contributed by atoms with Gasteiger partial charge in [-0.3, -0.25) is 0 Å². The van der Waals surface area contributed by atoms with Gasteiger partial charge in [0.15, 0.2) is 0 Å². The minimum absolute atomic E-state index is 0.921. The molecule has 268 valence electrons. The third-order valence-electron chi connectivity index (χ3n) is 12.5. The average Bonchev–Trinajstić information content (AvgIpc) is 3.93. The molecular formula is C56H33NO. The SMILES string of the molecule is c1ccc(-c2ccc(-c3ccc4cc5c6cc7oc8ccccc8c7c7c8cc9ccc(-c%10ccc(-c%11ccccc%11)cc%10)cc9cc8n(c5cc4c3)c67)cc2)cc1. The van der Waals surface area contributed by atoms with Crippen LogP contribution in [-0.2, 0) is 0 Å². The van der Waals surface area contributed by atoms with E-state index in [-0.39, 0.29) is 0 Å². The molecule has 3 heterocycles. The lowest BCUT2D eigenvalue weighted by Crippen LogP contribution is -1.85. The smallest absolute Gasteiger partial charge is 0.136 e. The highest BCUT2D eigenvalue weighted by atomic mass is 16.3. The van der Waals surface area contributed by atoms with E-state index in [9.17, 15) is 0 Å². The molecule has 0 aliphatic rings. The summed E-state index contributed by atoms with van der Waals surface area (Å²) in [5.74, 6) is 0. The zero-order valence-corrected chi connectivity index (χ0v) is 31.4. The van der Waals surface area contributed by atoms with Crippen molar-refractivity contribution >= 4 is 81.6 Å². The molecule has 0 radical (unpaired) electrons. The zero-order valence-electron chi connectivity index (χ0n) is 31.4. The van der Waals surface area contributed by atoms with Gasteiger partial charge in [-0.15, -0.1) is 0 Å². The first-order valence-electron chi connectivity index (χ1n) is 20.0. The fourth-order valence-corrected chi connectivity index (χ4v) is 9.63. The number of para-hydroxylation sites is 1. The van der Waals surface area contributed by atoms with Gasteiger partial charge in [0.1, 0.15) is 11.2 Å². The number of rotatable bonds is 4. The van der Waals surface area contributed by atoms with Gasteiger partial charge in [0.2, 0.25) is 0 Å². The van der Waals surface area contributed by atoms with Crippen LogP contribution in [0.25, 0.3) is 126 Å². The maximum Gasteiger partial charge on any atom is 0.136 e. The molecule has 10 aromatic carbocycles. The highest BCUT2D eigenvalue weighted by Crippen LogP contribution is 2.47. The monoisotopic (exact) mass is 735 g/mol. The van der Waals surface area contributed by atoms with Crippen LogP contribution >= 0.6 is 0 Å². The summed E-state index contributed by atoms with van der Waals surface area (Å²) in [5.41, 5.74) is 15.3. The van der Waals surface area contributed by atoms with Crippen molar-refractivity contribution in [3.8, 4) is 44.5 Å². The Morgan fingerprint density at radius 1 is 0.276 bits per heavy atom. The van der Waals surface area contributed by atoms with Crippen LogP contribution in [0.5, 0.6) is 0 Å². The summed E-state index contributed by atoms with van der Waals surface area (Å²) < 4.78 is 9.15. The molecule has 0 spiro atoms. The molecule has 13 aromatic rings. The average molecular weight is 736 g/mol. The molecular weight excluding hydrogens is 703 g/mol. The Morgan fingerprint density at radius 3 is 1.33 bits per heavy atom. The van der Waals surface area contributed by atoms with E-state index < -0.39 is 0 Å². The molecule has 13 rings (SSSR count). The van der Waals surface area contributed by atoms with E-state index in [1.54, 1.807) is 0 Å². The van der Waals surface area contributed by atoms with Gasteiger partial charge in [-0.05, 0) is 115 Å². The van der Waals surface area contributed by atoms with Crippen molar-refractivity contribution in [2.75, 3.05) is 0 Å². The largest absolute Gasteiger partial charge is 0.456 e. The van der Waals surface area contributed by atoms with Crippen LogP contribution in [-0.4, -0.2) is 4.40 Å². The maximum absolute atomic E-state index is 6.63. The van der Waals surface area contributed by atoms with Gasteiger partial charge in [-0.1, -0.05) is 152 Å². The molecule has 0 aliphatic carbocycles. The van der Waals surface area contributed by atoms with Gasteiger partial charge < -0.3 is 8.82 Å². The molecule has 0 saturated carbocycles. The molecule has 0 N–H and O–H groups in total. The first kappa shape index (κ1) is 31.5. The highest BCUT2D eigenvalue weighted by Gasteiger charge is 2.24. The predicted molar refractivity (Wildman–Crippen MR) is 245 cm³/mol. The Hall–Kier alpha value is -7.68. The standard InChI is InChI=1S/C56H33NO/c1-3-9-34(10-4-1)36-15-19-38(20-16-36)40-23-25-42-29-47-48-33-53-54(46-13-7-8-14-52(46)58-53)55-49-30-43-26-24-41(39-21-17-37(18-22-39)35-11-5-2-6-12-35)28-45(43)32-51(49)57(56(48)55)50(47)31-44(42)27-40/h1-33H. The van der Waals surface area contributed by atoms with E-state index in [4.69, 9.17) is 4.42 Å². The molecule has 58 heavy (non-hydrogen) atoms. The van der Waals surface area contributed by atoms with Gasteiger partial charge in [0.25, 0.3) is 0 Å². The minimum Gasteiger partial charge on any atom is -0.456 e. The second-order valence-corrected chi connectivity index (χ2v) is 15.7. The van der Waals surface area contributed by atoms with E-state index in [1.165, 1.54) is 110 Å². The Kier molecular flexibility index (Phi) is 6.47. The molecule has 0 saturated heterocycles. The second-order valence-electron chi connectivity index (χ2n) is 15.7. The van der Waals surface area contributed by atoms with E-state index in [1.807, 2.05) is 0 Å². The summed E-state index contributed by atoms with van der Waals surface area (Å²) in [5, 5.41) is 12.2. The van der Waals surface area contributed by atoms with Gasteiger partial charge in [-0.25, -0.2) is 0 Å². The van der Waals surface area contributed by atoms with Crippen molar-refractivity contribution in [3.63, 3.8) is 0 Å². The van der Waals surface area contributed by atoms with Gasteiger partial charge in [0.05, 0.1) is 16.6 Å². The molecule has 0 aliphatic heterocycles. The van der Waals surface area contributed by atoms with Crippen LogP contribution in [0, 0.1) is 0 Å². The van der Waals surface area contributed by atoms with Gasteiger partial charge in [-0.2, -0.15) is 0 Å². The summed E-state index contributed by atoms with van der Waals surface area (Å²) in [7, 11) is 0. The summed E-state index contributed by atoms with van der Waals surface area (Å²) in [6, 6.07) is 73.2. The topological polar surface area (TPSA) is 17.6 Å². The maximum atomic E-state index is 6.63. The van der Waals surface area contributed by atoms with Gasteiger partial charge in [0, 0.05) is 32.3 Å². The summed E-state index contributed by atoms with van der Waals surface area (Å²) in [6.07, 6.45) is 0. The summed E-state index contributed by atoms with van der Waals surface area (Å²) in [4.78, 5) is 0. The molecule has 2 heteroatoms. The molecule has 0 bridgehead atoms. The van der Waals surface area contributed by atoms with Gasteiger partial charge >= 0.3 is 0 Å². The Bertz CT molecular complexity index is 3740. The molecule has 0 amide bonds. The lowest BCUT2D eigenvalue weighted by atomic mass is 9.96. The van der Waals surface area contributed by atoms with E-state index in [2.05, 4.69) is 205 Å². The first-order chi connectivity index (χ1) is 28.7. The van der Waals surface area contributed by atoms with Crippen LogP contribution in [0.4, 0.5) is 0 Å². The fourth-order valence-electron chi connectivity index (χ4n) is 9.63. The second kappa shape index (κ2) is 11.9. The Morgan fingerprint density at radius 2 is 0.741 bits per heavy atom. The summed E-state index contributed by atoms with van der Waals surface area (Å²) in [6.45, 7) is 0. The molecule has 3 aromatic heterocycles. The van der Waals surface area contributed by atoms with E-state index in [0.29, 0.717) is 0 Å². The van der Waals surface area contributed by atoms with Crippen LogP contribution in [0.3, 0.4) is 0 Å². The third kappa shape index (κ3) is 4.60. The van der Waals surface area contributed by atoms with Crippen molar-refractivity contribution in [2.24, 2.45) is 0 Å². The van der Waals surface area contributed by atoms with Crippen molar-refractivity contribution in [2.45, 2.75) is 0 Å². The lowest BCUT2D eigenvalue weighted by Gasteiger charge is -2.08. The summed E-state index contributed by atoms with van der Waals surface area (Å²) >= 11 is 0. The van der Waals surface area contributed by atoms with E-state index in [0.717, 1.165) is 16.6 Å². The molecule has 0 atom stereocenters.